The van der Waals surface area contributed by atoms with Crippen LogP contribution in [0.5, 0.6) is 0 Å². The number of piperazine rings is 1. The van der Waals surface area contributed by atoms with E-state index in [1.165, 1.54) is 10.5 Å². The third-order valence-corrected chi connectivity index (χ3v) is 6.69. The maximum absolute atomic E-state index is 12.4. The van der Waals surface area contributed by atoms with Gasteiger partial charge in [0.05, 0.1) is 6.20 Å². The Bertz CT molecular complexity index is 543. The van der Waals surface area contributed by atoms with Gasteiger partial charge in [-0.25, -0.2) is 13.4 Å². The van der Waals surface area contributed by atoms with E-state index in [4.69, 9.17) is 11.6 Å². The molecule has 0 unspecified atom stereocenters. The van der Waals surface area contributed by atoms with E-state index in [1.54, 1.807) is 0 Å². The fourth-order valence-corrected chi connectivity index (χ4v) is 4.96. The lowest BCUT2D eigenvalue weighted by Crippen LogP contribution is -2.54. The highest BCUT2D eigenvalue weighted by atomic mass is 35.5. The zero-order valence-electron chi connectivity index (χ0n) is 11.3. The van der Waals surface area contributed by atoms with Crippen molar-refractivity contribution in [2.75, 3.05) is 26.2 Å². The molecule has 1 aromatic rings. The summed E-state index contributed by atoms with van der Waals surface area (Å²) in [7, 11) is -3.43. The van der Waals surface area contributed by atoms with Gasteiger partial charge in [0.25, 0.3) is 10.0 Å². The Morgan fingerprint density at radius 2 is 1.84 bits per heavy atom. The molecule has 1 fully saturated rings. The van der Waals surface area contributed by atoms with E-state index in [0.29, 0.717) is 13.1 Å². The first-order valence-corrected chi connectivity index (χ1v) is 8.71. The van der Waals surface area contributed by atoms with Gasteiger partial charge in [-0.2, -0.15) is 4.31 Å². The molecule has 19 heavy (non-hydrogen) atoms. The molecule has 2 heterocycles. The van der Waals surface area contributed by atoms with Crippen LogP contribution >= 0.6 is 22.9 Å². The number of sulfonamides is 1. The van der Waals surface area contributed by atoms with Crippen molar-refractivity contribution in [3.05, 3.63) is 10.7 Å². The molecule has 2 rings (SSSR count). The van der Waals surface area contributed by atoms with Crippen LogP contribution in [0.3, 0.4) is 0 Å². The Labute approximate surface area is 123 Å². The summed E-state index contributed by atoms with van der Waals surface area (Å²) in [5.41, 5.74) is 0.0731. The second kappa shape index (κ2) is 5.29. The van der Waals surface area contributed by atoms with Crippen LogP contribution < -0.4 is 0 Å². The molecular formula is C11H18ClN3O2S2. The van der Waals surface area contributed by atoms with Crippen LogP contribution in [0, 0.1) is 0 Å². The van der Waals surface area contributed by atoms with Crippen LogP contribution in [0.25, 0.3) is 0 Å². The highest BCUT2D eigenvalue weighted by molar-refractivity contribution is 7.91. The lowest BCUT2D eigenvalue weighted by Gasteiger charge is -2.41. The van der Waals surface area contributed by atoms with E-state index < -0.39 is 10.0 Å². The minimum atomic E-state index is -3.43. The van der Waals surface area contributed by atoms with E-state index in [-0.39, 0.29) is 14.2 Å². The first-order chi connectivity index (χ1) is 8.71. The van der Waals surface area contributed by atoms with Crippen molar-refractivity contribution in [2.24, 2.45) is 0 Å². The normalized spacial score (nSPS) is 19.8. The second-order valence-corrected chi connectivity index (χ2v) is 9.27. The molecule has 8 heteroatoms. The fraction of sp³-hybridized carbons (Fsp3) is 0.727. The SMILES string of the molecule is CC(C)(C)N1CCN(S(=O)(=O)c2cnc(Cl)s2)CC1. The Morgan fingerprint density at radius 3 is 2.26 bits per heavy atom. The van der Waals surface area contributed by atoms with Crippen LogP contribution in [-0.2, 0) is 10.0 Å². The van der Waals surface area contributed by atoms with Crippen LogP contribution in [0.4, 0.5) is 0 Å². The molecule has 0 saturated carbocycles. The Balaban J connectivity index is 2.09. The molecule has 0 radical (unpaired) electrons. The highest BCUT2D eigenvalue weighted by Gasteiger charge is 2.33. The number of thiazole rings is 1. The summed E-state index contributed by atoms with van der Waals surface area (Å²) < 4.78 is 26.7. The van der Waals surface area contributed by atoms with E-state index in [2.05, 4.69) is 30.7 Å². The van der Waals surface area contributed by atoms with Gasteiger partial charge in [0.2, 0.25) is 0 Å². The largest absolute Gasteiger partial charge is 0.296 e. The maximum Gasteiger partial charge on any atom is 0.254 e. The van der Waals surface area contributed by atoms with Crippen molar-refractivity contribution in [3.63, 3.8) is 0 Å². The molecule has 1 aromatic heterocycles. The second-order valence-electron chi connectivity index (χ2n) is 5.49. The zero-order valence-corrected chi connectivity index (χ0v) is 13.6. The number of rotatable bonds is 2. The van der Waals surface area contributed by atoms with Crippen molar-refractivity contribution in [1.82, 2.24) is 14.2 Å². The summed E-state index contributed by atoms with van der Waals surface area (Å²) in [4.78, 5) is 6.09. The molecule has 0 bridgehead atoms. The number of nitrogens with zero attached hydrogens (tertiary/aromatic N) is 3. The van der Waals surface area contributed by atoms with Gasteiger partial charge >= 0.3 is 0 Å². The van der Waals surface area contributed by atoms with Gasteiger partial charge in [0.1, 0.15) is 0 Å². The Hall–Kier alpha value is -0.210. The van der Waals surface area contributed by atoms with Gasteiger partial charge in [-0.3, -0.25) is 4.90 Å². The molecule has 1 aliphatic rings. The molecule has 0 spiro atoms. The van der Waals surface area contributed by atoms with Crippen molar-refractivity contribution in [1.29, 1.82) is 0 Å². The summed E-state index contributed by atoms with van der Waals surface area (Å²) >= 11 is 6.71. The van der Waals surface area contributed by atoms with Gasteiger partial charge in [-0.05, 0) is 20.8 Å². The quantitative estimate of drug-likeness (QED) is 0.834. The number of aromatic nitrogens is 1. The predicted octanol–water partition coefficient (Wildman–Crippen LogP) is 1.90. The monoisotopic (exact) mass is 323 g/mol. The topological polar surface area (TPSA) is 53.5 Å². The van der Waals surface area contributed by atoms with E-state index >= 15 is 0 Å². The number of halogens is 1. The third kappa shape index (κ3) is 3.28. The first-order valence-electron chi connectivity index (χ1n) is 6.08. The van der Waals surface area contributed by atoms with Crippen molar-refractivity contribution < 1.29 is 8.42 Å². The van der Waals surface area contributed by atoms with Crippen molar-refractivity contribution >= 4 is 33.0 Å². The van der Waals surface area contributed by atoms with Crippen LogP contribution in [0.15, 0.2) is 10.4 Å². The molecule has 0 atom stereocenters. The van der Waals surface area contributed by atoms with Gasteiger partial charge in [0, 0.05) is 31.7 Å². The molecule has 0 N–H and O–H groups in total. The zero-order chi connectivity index (χ0) is 14.3. The number of hydrogen-bond donors (Lipinski definition) is 0. The molecule has 1 saturated heterocycles. The Morgan fingerprint density at radius 1 is 1.26 bits per heavy atom. The predicted molar refractivity (Wildman–Crippen MR) is 77.2 cm³/mol. The lowest BCUT2D eigenvalue weighted by molar-refractivity contribution is 0.0922. The standard InChI is InChI=1S/C11H18ClN3O2S2/c1-11(2,3)14-4-6-15(7-5-14)19(16,17)9-8-13-10(12)18-9/h8H,4-7H2,1-3H3. The average molecular weight is 324 g/mol. The van der Waals surface area contributed by atoms with E-state index in [0.717, 1.165) is 24.4 Å². The van der Waals surface area contributed by atoms with Gasteiger partial charge in [0.15, 0.2) is 8.68 Å². The molecule has 5 nitrogen and oxygen atoms in total. The molecular weight excluding hydrogens is 306 g/mol. The third-order valence-electron chi connectivity index (χ3n) is 3.24. The molecule has 108 valence electrons. The summed E-state index contributed by atoms with van der Waals surface area (Å²) in [6.45, 7) is 8.93. The summed E-state index contributed by atoms with van der Waals surface area (Å²) in [5, 5.41) is 0. The first kappa shape index (κ1) is 15.2. The number of hydrogen-bond acceptors (Lipinski definition) is 5. The van der Waals surface area contributed by atoms with Crippen LogP contribution in [0.1, 0.15) is 20.8 Å². The molecule has 0 amide bonds. The summed E-state index contributed by atoms with van der Waals surface area (Å²) in [6, 6.07) is 0. The minimum Gasteiger partial charge on any atom is -0.296 e. The maximum atomic E-state index is 12.4. The minimum absolute atomic E-state index is 0.0731. The smallest absolute Gasteiger partial charge is 0.254 e. The molecule has 0 aromatic carbocycles. The fourth-order valence-electron chi connectivity index (χ4n) is 2.08. The average Bonchev–Trinajstić information content (AvgIpc) is 2.76. The van der Waals surface area contributed by atoms with Crippen LogP contribution in [-0.4, -0.2) is 54.3 Å². The van der Waals surface area contributed by atoms with Gasteiger partial charge in [-0.15, -0.1) is 0 Å². The van der Waals surface area contributed by atoms with Gasteiger partial charge in [-0.1, -0.05) is 22.9 Å². The van der Waals surface area contributed by atoms with Crippen molar-refractivity contribution in [3.8, 4) is 0 Å². The summed E-state index contributed by atoms with van der Waals surface area (Å²) in [6.07, 6.45) is 1.33. The molecule has 0 aliphatic carbocycles. The van der Waals surface area contributed by atoms with E-state index in [9.17, 15) is 8.42 Å². The van der Waals surface area contributed by atoms with E-state index in [1.807, 2.05) is 0 Å². The lowest BCUT2D eigenvalue weighted by atomic mass is 10.1. The van der Waals surface area contributed by atoms with Crippen LogP contribution in [0.2, 0.25) is 4.47 Å². The van der Waals surface area contributed by atoms with Crippen molar-refractivity contribution in [2.45, 2.75) is 30.5 Å². The molecule has 1 aliphatic heterocycles. The summed E-state index contributed by atoms with van der Waals surface area (Å²) in [5.74, 6) is 0. The van der Waals surface area contributed by atoms with Gasteiger partial charge < -0.3 is 0 Å². The Kier molecular flexibility index (Phi) is 4.23. The highest BCUT2D eigenvalue weighted by Crippen LogP contribution is 2.27.